The van der Waals surface area contributed by atoms with Crippen molar-refractivity contribution in [2.24, 2.45) is 0 Å². The molecule has 2 aromatic carbocycles. The van der Waals surface area contributed by atoms with E-state index in [4.69, 9.17) is 5.26 Å². The van der Waals surface area contributed by atoms with Crippen molar-refractivity contribution in [2.75, 3.05) is 0 Å². The third-order valence-electron chi connectivity index (χ3n) is 3.06. The summed E-state index contributed by atoms with van der Waals surface area (Å²) >= 11 is 3.28. The minimum Gasteiger partial charge on any atom is -0.506 e. The molecule has 0 bridgehead atoms. The van der Waals surface area contributed by atoms with E-state index < -0.39 is 0 Å². The van der Waals surface area contributed by atoms with E-state index in [1.165, 1.54) is 5.56 Å². The number of hydrogen-bond acceptors (Lipinski definition) is 2. The smallest absolute Gasteiger partial charge is 0.137 e. The standard InChI is InChI=1S/C16H14BrNO/c1-10(2)12-4-3-5-13(8-12)14-6-11(9-18)7-15(17)16(14)19/h3-8,10,19H,1-2H3. The van der Waals surface area contributed by atoms with Crippen LogP contribution in [0, 0.1) is 11.3 Å². The van der Waals surface area contributed by atoms with Gasteiger partial charge in [-0.05, 0) is 45.1 Å². The number of benzene rings is 2. The van der Waals surface area contributed by atoms with E-state index in [9.17, 15) is 5.11 Å². The van der Waals surface area contributed by atoms with Crippen molar-refractivity contribution in [3.05, 3.63) is 52.0 Å². The summed E-state index contributed by atoms with van der Waals surface area (Å²) in [6, 6.07) is 13.4. The minimum absolute atomic E-state index is 0.167. The Bertz CT molecular complexity index is 656. The zero-order valence-electron chi connectivity index (χ0n) is 10.8. The molecule has 0 aliphatic heterocycles. The largest absolute Gasteiger partial charge is 0.506 e. The topological polar surface area (TPSA) is 44.0 Å². The monoisotopic (exact) mass is 315 g/mol. The number of halogens is 1. The number of phenols is 1. The molecule has 0 saturated heterocycles. The lowest BCUT2D eigenvalue weighted by atomic mass is 9.96. The predicted octanol–water partition coefficient (Wildman–Crippen LogP) is 4.82. The molecular formula is C16H14BrNO. The van der Waals surface area contributed by atoms with Gasteiger partial charge < -0.3 is 5.11 Å². The summed E-state index contributed by atoms with van der Waals surface area (Å²) in [5.41, 5.74) is 3.32. The van der Waals surface area contributed by atoms with E-state index in [2.05, 4.69) is 41.9 Å². The number of nitrogens with zero attached hydrogens (tertiary/aromatic N) is 1. The molecule has 0 fully saturated rings. The highest BCUT2D eigenvalue weighted by Crippen LogP contribution is 2.37. The van der Waals surface area contributed by atoms with E-state index in [1.54, 1.807) is 12.1 Å². The highest BCUT2D eigenvalue weighted by atomic mass is 79.9. The van der Waals surface area contributed by atoms with Crippen LogP contribution in [0.4, 0.5) is 0 Å². The molecule has 0 saturated carbocycles. The maximum absolute atomic E-state index is 10.1. The summed E-state index contributed by atoms with van der Waals surface area (Å²) in [7, 11) is 0. The second-order valence-electron chi connectivity index (χ2n) is 4.75. The van der Waals surface area contributed by atoms with Crippen LogP contribution in [0.2, 0.25) is 0 Å². The first-order valence-corrected chi connectivity index (χ1v) is 6.85. The Hall–Kier alpha value is -1.79. The van der Waals surface area contributed by atoms with Crippen molar-refractivity contribution >= 4 is 15.9 Å². The molecule has 3 heteroatoms. The molecule has 2 nitrogen and oxygen atoms in total. The summed E-state index contributed by atoms with van der Waals surface area (Å²) in [5, 5.41) is 19.2. The highest BCUT2D eigenvalue weighted by molar-refractivity contribution is 9.10. The Morgan fingerprint density at radius 3 is 2.58 bits per heavy atom. The van der Waals surface area contributed by atoms with Gasteiger partial charge in [0.1, 0.15) is 5.75 Å². The molecule has 0 aliphatic carbocycles. The van der Waals surface area contributed by atoms with Crippen LogP contribution in [0.25, 0.3) is 11.1 Å². The fraction of sp³-hybridized carbons (Fsp3) is 0.188. The van der Waals surface area contributed by atoms with Crippen LogP contribution in [0.1, 0.15) is 30.9 Å². The van der Waals surface area contributed by atoms with Crippen LogP contribution in [0.5, 0.6) is 5.75 Å². The van der Waals surface area contributed by atoms with E-state index in [0.29, 0.717) is 21.5 Å². The Morgan fingerprint density at radius 2 is 1.95 bits per heavy atom. The zero-order valence-corrected chi connectivity index (χ0v) is 12.4. The molecule has 0 unspecified atom stereocenters. The molecule has 2 aromatic rings. The number of rotatable bonds is 2. The Labute approximate surface area is 121 Å². The SMILES string of the molecule is CC(C)c1cccc(-c2cc(C#N)cc(Br)c2O)c1. The quantitative estimate of drug-likeness (QED) is 0.863. The van der Waals surface area contributed by atoms with Crippen molar-refractivity contribution in [3.63, 3.8) is 0 Å². The Morgan fingerprint density at radius 1 is 1.21 bits per heavy atom. The lowest BCUT2D eigenvalue weighted by Gasteiger charge is -2.11. The van der Waals surface area contributed by atoms with Gasteiger partial charge in [0.05, 0.1) is 16.1 Å². The lowest BCUT2D eigenvalue weighted by Crippen LogP contribution is -1.89. The van der Waals surface area contributed by atoms with Crippen molar-refractivity contribution in [1.29, 1.82) is 5.26 Å². The molecule has 2 rings (SSSR count). The summed E-state index contributed by atoms with van der Waals surface area (Å²) in [4.78, 5) is 0. The van der Waals surface area contributed by atoms with Crippen LogP contribution in [-0.4, -0.2) is 5.11 Å². The zero-order chi connectivity index (χ0) is 14.0. The van der Waals surface area contributed by atoms with Crippen LogP contribution in [0.3, 0.4) is 0 Å². The third-order valence-corrected chi connectivity index (χ3v) is 3.66. The molecule has 0 aliphatic rings. The first-order valence-electron chi connectivity index (χ1n) is 6.06. The van der Waals surface area contributed by atoms with E-state index in [-0.39, 0.29) is 5.75 Å². The van der Waals surface area contributed by atoms with Gasteiger partial charge in [0.25, 0.3) is 0 Å². The van der Waals surface area contributed by atoms with Crippen LogP contribution >= 0.6 is 15.9 Å². The third kappa shape index (κ3) is 2.80. The molecule has 0 radical (unpaired) electrons. The van der Waals surface area contributed by atoms with Crippen LogP contribution in [-0.2, 0) is 0 Å². The number of phenolic OH excluding ortho intramolecular Hbond substituents is 1. The Kier molecular flexibility index (Phi) is 3.92. The summed E-state index contributed by atoms with van der Waals surface area (Å²) < 4.78 is 0.538. The van der Waals surface area contributed by atoms with Gasteiger partial charge in [0.15, 0.2) is 0 Å². The average molecular weight is 316 g/mol. The lowest BCUT2D eigenvalue weighted by molar-refractivity contribution is 0.474. The van der Waals surface area contributed by atoms with Gasteiger partial charge in [-0.15, -0.1) is 0 Å². The highest BCUT2D eigenvalue weighted by Gasteiger charge is 2.11. The van der Waals surface area contributed by atoms with Crippen molar-refractivity contribution in [1.82, 2.24) is 0 Å². The van der Waals surface area contributed by atoms with Gasteiger partial charge in [-0.25, -0.2) is 0 Å². The predicted molar refractivity (Wildman–Crippen MR) is 80.0 cm³/mol. The van der Waals surface area contributed by atoms with Crippen LogP contribution in [0.15, 0.2) is 40.9 Å². The number of aromatic hydroxyl groups is 1. The van der Waals surface area contributed by atoms with Crippen molar-refractivity contribution < 1.29 is 5.11 Å². The normalized spacial score (nSPS) is 10.5. The fourth-order valence-electron chi connectivity index (χ4n) is 1.95. The van der Waals surface area contributed by atoms with Gasteiger partial charge in [-0.1, -0.05) is 38.1 Å². The molecule has 0 atom stereocenters. The Balaban J connectivity index is 2.62. The second-order valence-corrected chi connectivity index (χ2v) is 5.60. The molecule has 1 N–H and O–H groups in total. The van der Waals surface area contributed by atoms with Gasteiger partial charge in [0, 0.05) is 5.56 Å². The average Bonchev–Trinajstić information content (AvgIpc) is 2.41. The van der Waals surface area contributed by atoms with Crippen molar-refractivity contribution in [2.45, 2.75) is 19.8 Å². The maximum Gasteiger partial charge on any atom is 0.137 e. The first kappa shape index (κ1) is 13.6. The minimum atomic E-state index is 0.167. The van der Waals surface area contributed by atoms with E-state index >= 15 is 0 Å². The molecule has 0 heterocycles. The molecule has 19 heavy (non-hydrogen) atoms. The molecular weight excluding hydrogens is 302 g/mol. The maximum atomic E-state index is 10.1. The number of nitriles is 1. The molecule has 0 aromatic heterocycles. The van der Waals surface area contributed by atoms with E-state index in [0.717, 1.165) is 5.56 Å². The molecule has 0 amide bonds. The van der Waals surface area contributed by atoms with Crippen LogP contribution < -0.4 is 0 Å². The first-order chi connectivity index (χ1) is 9.02. The van der Waals surface area contributed by atoms with Crippen molar-refractivity contribution in [3.8, 4) is 22.9 Å². The summed E-state index contributed by atoms with van der Waals surface area (Å²) in [5.74, 6) is 0.588. The molecule has 96 valence electrons. The van der Waals surface area contributed by atoms with Gasteiger partial charge in [0.2, 0.25) is 0 Å². The number of hydrogen-bond donors (Lipinski definition) is 1. The van der Waals surface area contributed by atoms with Gasteiger partial charge in [-0.2, -0.15) is 5.26 Å². The van der Waals surface area contributed by atoms with Gasteiger partial charge in [-0.3, -0.25) is 0 Å². The van der Waals surface area contributed by atoms with Gasteiger partial charge >= 0.3 is 0 Å². The van der Waals surface area contributed by atoms with E-state index in [1.807, 2.05) is 18.2 Å². The summed E-state index contributed by atoms with van der Waals surface area (Å²) in [6.45, 7) is 4.25. The molecule has 0 spiro atoms. The fourth-order valence-corrected chi connectivity index (χ4v) is 2.41. The summed E-state index contributed by atoms with van der Waals surface area (Å²) in [6.07, 6.45) is 0. The second kappa shape index (κ2) is 5.46.